The van der Waals surface area contributed by atoms with Gasteiger partial charge in [0, 0.05) is 21.7 Å². The van der Waals surface area contributed by atoms with Gasteiger partial charge in [0.05, 0.1) is 11.0 Å². The van der Waals surface area contributed by atoms with Crippen LogP contribution in [0.1, 0.15) is 5.56 Å². The molecule has 2 rings (SSSR count). The van der Waals surface area contributed by atoms with Crippen molar-refractivity contribution in [2.24, 2.45) is 0 Å². The lowest BCUT2D eigenvalue weighted by atomic mass is 10.2. The van der Waals surface area contributed by atoms with E-state index in [9.17, 15) is 14.5 Å². The van der Waals surface area contributed by atoms with Crippen molar-refractivity contribution in [2.45, 2.75) is 10.6 Å². The van der Waals surface area contributed by atoms with Gasteiger partial charge in [-0.3, -0.25) is 10.1 Å². The summed E-state index contributed by atoms with van der Waals surface area (Å²) in [6.07, 6.45) is 0. The van der Waals surface area contributed by atoms with E-state index < -0.39 is 10.7 Å². The van der Waals surface area contributed by atoms with Gasteiger partial charge in [-0.1, -0.05) is 29.8 Å². The predicted octanol–water partition coefficient (Wildman–Crippen LogP) is 4.68. The van der Waals surface area contributed by atoms with Gasteiger partial charge in [0.2, 0.25) is 0 Å². The van der Waals surface area contributed by atoms with E-state index >= 15 is 0 Å². The molecule has 0 spiro atoms. The first-order chi connectivity index (χ1) is 9.06. The third kappa shape index (κ3) is 3.68. The first-order valence-electron chi connectivity index (χ1n) is 5.37. The maximum Gasteiger partial charge on any atom is 0.273 e. The molecule has 0 heterocycles. The fraction of sp³-hybridized carbons (Fsp3) is 0.0769. The zero-order valence-electron chi connectivity index (χ0n) is 9.68. The monoisotopic (exact) mass is 297 g/mol. The molecule has 0 amide bonds. The molecule has 0 fully saturated rings. The zero-order chi connectivity index (χ0) is 13.8. The van der Waals surface area contributed by atoms with Crippen LogP contribution in [0, 0.1) is 15.9 Å². The molecule has 98 valence electrons. The minimum atomic E-state index is -0.615. The summed E-state index contributed by atoms with van der Waals surface area (Å²) in [5, 5.41) is 11.3. The number of halogens is 2. The molecule has 0 saturated carbocycles. The predicted molar refractivity (Wildman–Crippen MR) is 74.1 cm³/mol. The van der Waals surface area contributed by atoms with Crippen LogP contribution in [0.15, 0.2) is 47.4 Å². The number of benzene rings is 2. The average Bonchev–Trinajstić information content (AvgIpc) is 2.37. The molecule has 0 aromatic heterocycles. The minimum absolute atomic E-state index is 0.248. The van der Waals surface area contributed by atoms with Crippen molar-refractivity contribution in [3.63, 3.8) is 0 Å². The Morgan fingerprint density at radius 2 is 2.00 bits per heavy atom. The third-order valence-electron chi connectivity index (χ3n) is 2.42. The van der Waals surface area contributed by atoms with Crippen molar-refractivity contribution in [3.05, 3.63) is 69.0 Å². The topological polar surface area (TPSA) is 43.1 Å². The maximum atomic E-state index is 13.2. The molecule has 0 radical (unpaired) electrons. The second-order valence-electron chi connectivity index (χ2n) is 3.78. The second-order valence-corrected chi connectivity index (χ2v) is 5.24. The van der Waals surface area contributed by atoms with E-state index in [0.717, 1.165) is 11.6 Å². The summed E-state index contributed by atoms with van der Waals surface area (Å²) in [6.45, 7) is 0. The van der Waals surface area contributed by atoms with Crippen LogP contribution in [0.5, 0.6) is 0 Å². The molecule has 0 aliphatic rings. The fourth-order valence-corrected chi connectivity index (χ4v) is 2.77. The molecular weight excluding hydrogens is 289 g/mol. The van der Waals surface area contributed by atoms with Gasteiger partial charge in [0.1, 0.15) is 5.82 Å². The number of nitrogens with zero attached hydrogens (tertiary/aromatic N) is 1. The lowest BCUT2D eigenvalue weighted by Crippen LogP contribution is -1.90. The number of non-ortho nitro benzene ring substituents is 1. The van der Waals surface area contributed by atoms with Crippen LogP contribution in [0.4, 0.5) is 10.1 Å². The minimum Gasteiger partial charge on any atom is -0.258 e. The molecule has 19 heavy (non-hydrogen) atoms. The van der Waals surface area contributed by atoms with E-state index in [-0.39, 0.29) is 5.69 Å². The molecule has 0 aliphatic heterocycles. The highest BCUT2D eigenvalue weighted by atomic mass is 35.5. The number of nitro benzene ring substituents is 1. The van der Waals surface area contributed by atoms with Gasteiger partial charge in [-0.2, -0.15) is 0 Å². The van der Waals surface area contributed by atoms with Crippen molar-refractivity contribution < 1.29 is 9.31 Å². The highest BCUT2D eigenvalue weighted by Gasteiger charge is 2.10. The van der Waals surface area contributed by atoms with E-state index in [2.05, 4.69) is 0 Å². The van der Waals surface area contributed by atoms with E-state index in [1.165, 1.54) is 23.9 Å². The lowest BCUT2D eigenvalue weighted by Gasteiger charge is -2.04. The Kier molecular flexibility index (Phi) is 4.39. The largest absolute Gasteiger partial charge is 0.273 e. The lowest BCUT2D eigenvalue weighted by molar-refractivity contribution is -0.385. The van der Waals surface area contributed by atoms with Gasteiger partial charge in [0.15, 0.2) is 0 Å². The van der Waals surface area contributed by atoms with Crippen molar-refractivity contribution in [3.8, 4) is 0 Å². The Balaban J connectivity index is 2.16. The summed E-state index contributed by atoms with van der Waals surface area (Å²) in [4.78, 5) is 10.5. The Morgan fingerprint density at radius 3 is 2.68 bits per heavy atom. The van der Waals surface area contributed by atoms with Crippen molar-refractivity contribution in [1.29, 1.82) is 0 Å². The molecule has 6 heteroatoms. The Labute approximate surface area is 118 Å². The van der Waals surface area contributed by atoms with Crippen molar-refractivity contribution >= 4 is 29.1 Å². The molecular formula is C13H9ClFNO2S. The number of hydrogen-bond donors (Lipinski definition) is 0. The SMILES string of the molecule is O=[N+]([O-])c1cc(F)cc(SCc2ccccc2Cl)c1. The maximum absolute atomic E-state index is 13.2. The van der Waals surface area contributed by atoms with E-state index in [4.69, 9.17) is 11.6 Å². The summed E-state index contributed by atoms with van der Waals surface area (Å²) in [5.74, 6) is -0.0869. The van der Waals surface area contributed by atoms with Gasteiger partial charge >= 0.3 is 0 Å². The number of thioether (sulfide) groups is 1. The average molecular weight is 298 g/mol. The molecule has 2 aromatic rings. The molecule has 0 aliphatic carbocycles. The Morgan fingerprint density at radius 1 is 1.26 bits per heavy atom. The van der Waals surface area contributed by atoms with Crippen molar-refractivity contribution in [2.75, 3.05) is 0 Å². The summed E-state index contributed by atoms with van der Waals surface area (Å²) in [5.41, 5.74) is 0.655. The number of rotatable bonds is 4. The molecule has 0 N–H and O–H groups in total. The first kappa shape index (κ1) is 13.8. The number of nitro groups is 1. The van der Waals surface area contributed by atoms with Gasteiger partial charge in [-0.25, -0.2) is 4.39 Å². The van der Waals surface area contributed by atoms with Crippen molar-refractivity contribution in [1.82, 2.24) is 0 Å². The first-order valence-corrected chi connectivity index (χ1v) is 6.74. The van der Waals surface area contributed by atoms with Crippen LogP contribution in [0.3, 0.4) is 0 Å². The molecule has 0 unspecified atom stereocenters. The van der Waals surface area contributed by atoms with Crippen LogP contribution in [-0.4, -0.2) is 4.92 Å². The summed E-state index contributed by atoms with van der Waals surface area (Å²) in [7, 11) is 0. The van der Waals surface area contributed by atoms with Crippen LogP contribution in [0.2, 0.25) is 5.02 Å². The van der Waals surface area contributed by atoms with Gasteiger partial charge in [-0.05, 0) is 17.7 Å². The zero-order valence-corrected chi connectivity index (χ0v) is 11.2. The molecule has 3 nitrogen and oxygen atoms in total. The van der Waals surface area contributed by atoms with Crippen LogP contribution in [0.25, 0.3) is 0 Å². The summed E-state index contributed by atoms with van der Waals surface area (Å²) < 4.78 is 13.2. The normalized spacial score (nSPS) is 10.4. The smallest absolute Gasteiger partial charge is 0.258 e. The van der Waals surface area contributed by atoms with Gasteiger partial charge in [-0.15, -0.1) is 11.8 Å². The quantitative estimate of drug-likeness (QED) is 0.467. The molecule has 0 saturated heterocycles. The van der Waals surface area contributed by atoms with E-state index in [1.807, 2.05) is 18.2 Å². The van der Waals surface area contributed by atoms with Crippen LogP contribution >= 0.6 is 23.4 Å². The van der Waals surface area contributed by atoms with Gasteiger partial charge < -0.3 is 0 Å². The van der Waals surface area contributed by atoms with Gasteiger partial charge in [0.25, 0.3) is 5.69 Å². The summed E-state index contributed by atoms with van der Waals surface area (Å²) in [6, 6.07) is 10.8. The summed E-state index contributed by atoms with van der Waals surface area (Å²) >= 11 is 7.31. The molecule has 2 aromatic carbocycles. The van der Waals surface area contributed by atoms with E-state index in [0.29, 0.717) is 15.7 Å². The second kappa shape index (κ2) is 6.04. The number of hydrogen-bond acceptors (Lipinski definition) is 3. The Bertz CT molecular complexity index is 621. The Hall–Kier alpha value is -1.59. The molecule has 0 bridgehead atoms. The standard InChI is InChI=1S/C13H9ClFNO2S/c14-13-4-2-1-3-9(13)8-19-12-6-10(15)5-11(7-12)16(17)18/h1-7H,8H2. The highest BCUT2D eigenvalue weighted by molar-refractivity contribution is 7.98. The van der Waals surface area contributed by atoms with E-state index in [1.54, 1.807) is 6.07 Å². The highest BCUT2D eigenvalue weighted by Crippen LogP contribution is 2.29. The molecule has 0 atom stereocenters. The van der Waals surface area contributed by atoms with Crippen LogP contribution in [-0.2, 0) is 5.75 Å². The third-order valence-corrected chi connectivity index (χ3v) is 3.81. The van der Waals surface area contributed by atoms with Crippen LogP contribution < -0.4 is 0 Å². The fourth-order valence-electron chi connectivity index (χ4n) is 1.51.